The third kappa shape index (κ3) is 11.5. The van der Waals surface area contributed by atoms with E-state index in [2.05, 4.69) is 190 Å². The summed E-state index contributed by atoms with van der Waals surface area (Å²) in [7, 11) is 0. The number of para-hydroxylation sites is 9. The van der Waals surface area contributed by atoms with Crippen molar-refractivity contribution in [1.82, 2.24) is 44.4 Å². The van der Waals surface area contributed by atoms with Crippen molar-refractivity contribution < 1.29 is 26.5 Å². The fourth-order valence-electron chi connectivity index (χ4n) is 16.2. The Morgan fingerprint density at radius 2 is 0.583 bits per heavy atom. The Morgan fingerprint density at radius 1 is 0.217 bits per heavy atom. The second kappa shape index (κ2) is 27.3. The van der Waals surface area contributed by atoms with Gasteiger partial charge in [-0.15, -0.1) is 0 Å². The minimum absolute atomic E-state index is 0.143. The molecule has 0 aliphatic heterocycles. The molecule has 0 N–H and O–H groups in total. The van der Waals surface area contributed by atoms with Gasteiger partial charge in [-0.25, -0.2) is 19.9 Å². The summed E-state index contributed by atoms with van der Waals surface area (Å²) in [5, 5.41) is 19.4. The van der Waals surface area contributed by atoms with Crippen LogP contribution in [0.5, 0.6) is 0 Å². The molecule has 19 heteroatoms. The van der Waals surface area contributed by atoms with Crippen LogP contribution in [-0.2, 0) is 0 Å². The zero-order valence-electron chi connectivity index (χ0n) is 59.9. The topological polar surface area (TPSA) is 187 Å². The van der Waals surface area contributed by atoms with Crippen LogP contribution < -0.4 is 0 Å². The Morgan fingerprint density at radius 3 is 1.13 bits per heavy atom. The van der Waals surface area contributed by atoms with Crippen LogP contribution in [0.2, 0.25) is 21.1 Å². The van der Waals surface area contributed by atoms with E-state index in [0.717, 1.165) is 176 Å². The number of hydrogen-bond donors (Lipinski definition) is 0. The highest BCUT2D eigenvalue weighted by Gasteiger charge is 2.25. The number of fused-ring (bicyclic) bond motifs is 24. The van der Waals surface area contributed by atoms with Gasteiger partial charge in [-0.3, -0.25) is 0 Å². The Labute approximate surface area is 669 Å². The first-order valence-electron chi connectivity index (χ1n) is 36.9. The molecule has 0 atom stereocenters. The highest BCUT2D eigenvalue weighted by molar-refractivity contribution is 6.31. The first-order chi connectivity index (χ1) is 56.6. The molecule has 11 aromatic heterocycles. The SMILES string of the molecule is Clc1nc(-c2ccc3c(c2)c2ccccc2n3-c2ccccc2)c2c(n1)oc1ccccc12.Clc1nc(-c2ccc3c(ccc4ccccc43)c2)c2c(n1)oc1ccccc12.Clc1nc(-c2ccc3oc4ccccc4c3c2)c2c(n1)oc1ccccc12.Clc1nc(-c2cccc3c2oc2ccccc23)c2c(n1)oc1ccccc12. The highest BCUT2D eigenvalue weighted by Crippen LogP contribution is 2.45. The molecule has 11 heterocycles. The average molecular weight is 1570 g/mol. The molecule has 544 valence electrons. The van der Waals surface area contributed by atoms with Crippen LogP contribution in [0.3, 0.4) is 0 Å². The summed E-state index contributed by atoms with van der Waals surface area (Å²) in [4.78, 5) is 35.4. The van der Waals surface area contributed by atoms with Gasteiger partial charge in [-0.1, -0.05) is 212 Å². The third-order valence-electron chi connectivity index (χ3n) is 21.1. The lowest BCUT2D eigenvalue weighted by atomic mass is 9.98. The first kappa shape index (κ1) is 67.6. The van der Waals surface area contributed by atoms with Crippen molar-refractivity contribution in [3.8, 4) is 50.7 Å². The van der Waals surface area contributed by atoms with Gasteiger partial charge >= 0.3 is 0 Å². The third-order valence-corrected chi connectivity index (χ3v) is 21.8. The summed E-state index contributed by atoms with van der Waals surface area (Å²) in [5.41, 5.74) is 18.6. The number of furan rings is 6. The van der Waals surface area contributed by atoms with E-state index in [4.69, 9.17) is 72.9 Å². The molecule has 0 unspecified atom stereocenters. The fraction of sp³-hybridized carbons (Fsp3) is 0. The zero-order valence-corrected chi connectivity index (χ0v) is 63.0. The van der Waals surface area contributed by atoms with Crippen LogP contribution in [-0.4, -0.2) is 44.4 Å². The minimum Gasteiger partial charge on any atom is -0.456 e. The Bertz CT molecular complexity index is 8280. The van der Waals surface area contributed by atoms with Crippen LogP contribution in [0.25, 0.3) is 226 Å². The predicted octanol–water partition coefficient (Wildman–Crippen LogP) is 28.0. The van der Waals surface area contributed by atoms with Gasteiger partial charge in [0, 0.05) is 81.8 Å². The Hall–Kier alpha value is -14.3. The maximum absolute atomic E-state index is 6.31. The van der Waals surface area contributed by atoms with Gasteiger partial charge in [-0.05, 0) is 165 Å². The number of hydrogen-bond acceptors (Lipinski definition) is 14. The van der Waals surface area contributed by atoms with Crippen molar-refractivity contribution in [2.45, 2.75) is 0 Å². The van der Waals surface area contributed by atoms with Gasteiger partial charge in [0.05, 0.1) is 55.4 Å². The first-order valence-corrected chi connectivity index (χ1v) is 38.4. The standard InChI is InChI=1S/C28H16ClN3O.C24H13ClN2O.2C22H11ClN2O2/c29-28-30-26(25-20-11-5-7-13-24(20)33-27(25)31-28)17-14-15-23-21(16-17)19-10-4-6-12-22(19)32(23)18-8-2-1-3-9-18;25-24-26-22(21-19-7-3-4-8-20(19)28-23(21)27-24)16-11-12-18-15(13-16)10-9-14-5-1-2-6-17(14)18;23-22-24-19(18-14-7-2-4-11-17(14)27-21(18)25-22)15-9-5-8-13-12-6-1-3-10-16(12)26-20(13)15;23-22-24-20(19-14-6-2-4-8-17(14)27-21(19)25-22)12-9-10-18-15(11-12)13-5-1-3-7-16(13)26-18/h1-16H;1-13H;2*1-11H. The fourth-order valence-corrected chi connectivity index (χ4v) is 16.8. The van der Waals surface area contributed by atoms with Crippen molar-refractivity contribution in [3.05, 3.63) is 331 Å². The lowest BCUT2D eigenvalue weighted by Crippen LogP contribution is -1.93. The maximum atomic E-state index is 6.31. The largest absolute Gasteiger partial charge is 0.456 e. The zero-order chi connectivity index (χ0) is 76.5. The van der Waals surface area contributed by atoms with E-state index in [9.17, 15) is 0 Å². The molecule has 115 heavy (non-hydrogen) atoms. The summed E-state index contributed by atoms with van der Waals surface area (Å²) >= 11 is 24.9. The van der Waals surface area contributed by atoms with Gasteiger partial charge in [0.1, 0.15) is 44.7 Å². The maximum Gasteiger partial charge on any atom is 0.232 e. The summed E-state index contributed by atoms with van der Waals surface area (Å²) in [6.45, 7) is 0. The molecule has 15 nitrogen and oxygen atoms in total. The van der Waals surface area contributed by atoms with Crippen LogP contribution >= 0.6 is 46.4 Å². The van der Waals surface area contributed by atoms with Crippen molar-refractivity contribution in [1.29, 1.82) is 0 Å². The van der Waals surface area contributed by atoms with Crippen molar-refractivity contribution in [2.24, 2.45) is 0 Å². The number of nitrogens with zero attached hydrogens (tertiary/aromatic N) is 9. The van der Waals surface area contributed by atoms with Crippen molar-refractivity contribution in [3.63, 3.8) is 0 Å². The van der Waals surface area contributed by atoms with Crippen molar-refractivity contribution >= 4 is 222 Å². The lowest BCUT2D eigenvalue weighted by molar-refractivity contribution is 0.652. The lowest BCUT2D eigenvalue weighted by Gasteiger charge is -2.08. The molecular weight excluding hydrogens is 1520 g/mol. The number of rotatable bonds is 5. The molecule has 0 saturated carbocycles. The summed E-state index contributed by atoms with van der Waals surface area (Å²) in [6.07, 6.45) is 0. The van der Waals surface area contributed by atoms with E-state index in [0.29, 0.717) is 28.5 Å². The van der Waals surface area contributed by atoms with Gasteiger partial charge in [0.25, 0.3) is 0 Å². The highest BCUT2D eigenvalue weighted by atomic mass is 35.5. The van der Waals surface area contributed by atoms with E-state index in [1.807, 2.05) is 164 Å². The van der Waals surface area contributed by atoms with E-state index in [1.54, 1.807) is 0 Å². The normalized spacial score (nSPS) is 11.8. The molecule has 0 radical (unpaired) electrons. The van der Waals surface area contributed by atoms with E-state index < -0.39 is 0 Å². The molecule has 0 saturated heterocycles. The number of aromatic nitrogens is 9. The second-order valence-corrected chi connectivity index (χ2v) is 29.1. The molecule has 0 aliphatic carbocycles. The van der Waals surface area contributed by atoms with Crippen LogP contribution in [0, 0.1) is 0 Å². The van der Waals surface area contributed by atoms with Crippen molar-refractivity contribution in [2.75, 3.05) is 0 Å². The quantitative estimate of drug-likeness (QED) is 0.117. The molecule has 0 amide bonds. The molecule has 25 rings (SSSR count). The monoisotopic (exact) mass is 1570 g/mol. The smallest absolute Gasteiger partial charge is 0.232 e. The van der Waals surface area contributed by atoms with E-state index in [1.165, 1.54) is 21.5 Å². The van der Waals surface area contributed by atoms with Gasteiger partial charge in [0.2, 0.25) is 44.0 Å². The van der Waals surface area contributed by atoms with Crippen LogP contribution in [0.4, 0.5) is 0 Å². The Balaban J connectivity index is 0.0000000936. The number of halogens is 4. The summed E-state index contributed by atoms with van der Waals surface area (Å²) in [6, 6.07) is 104. The minimum atomic E-state index is 0.143. The van der Waals surface area contributed by atoms with E-state index in [-0.39, 0.29) is 21.1 Å². The molecular formula is C96H51Cl4N9O6. The summed E-state index contributed by atoms with van der Waals surface area (Å²) in [5.74, 6) is 0. The molecule has 0 bridgehead atoms. The summed E-state index contributed by atoms with van der Waals surface area (Å²) < 4.78 is 38.1. The molecule has 25 aromatic rings. The van der Waals surface area contributed by atoms with E-state index >= 15 is 0 Å². The van der Waals surface area contributed by atoms with Gasteiger partial charge in [0.15, 0.2) is 0 Å². The van der Waals surface area contributed by atoms with Crippen LogP contribution in [0.1, 0.15) is 0 Å². The molecule has 0 spiro atoms. The van der Waals surface area contributed by atoms with Gasteiger partial charge < -0.3 is 31.1 Å². The van der Waals surface area contributed by atoms with Gasteiger partial charge in [-0.2, -0.15) is 19.9 Å². The molecule has 0 aliphatic rings. The average Bonchev–Trinajstić information content (AvgIpc) is 1.61. The van der Waals surface area contributed by atoms with Crippen LogP contribution in [0.15, 0.2) is 336 Å². The number of benzene rings is 14. The molecule has 14 aromatic carbocycles. The Kier molecular flexibility index (Phi) is 16.0. The predicted molar refractivity (Wildman–Crippen MR) is 463 cm³/mol. The molecule has 0 fully saturated rings. The second-order valence-electron chi connectivity index (χ2n) is 27.7.